The molecule has 8 heteroatoms. The molecule has 2 aromatic rings. The minimum absolute atomic E-state index is 0.0431. The van der Waals surface area contributed by atoms with Crippen molar-refractivity contribution in [3.05, 3.63) is 59.9 Å². The SMILES string of the molecule is O=C(COC(=O)C1(c2cccc(F)c2)CCCC1)NC(=O)[C@@H]1COc2ccccc2O1. The first-order valence-corrected chi connectivity index (χ1v) is 10.1. The molecule has 1 atom stereocenters. The normalized spacial score (nSPS) is 18.8. The number of hydrogen-bond acceptors (Lipinski definition) is 6. The van der Waals surface area contributed by atoms with Crippen LogP contribution in [0.25, 0.3) is 0 Å². The van der Waals surface area contributed by atoms with Gasteiger partial charge in [0.15, 0.2) is 18.1 Å². The Labute approximate surface area is 178 Å². The molecule has 0 radical (unpaired) electrons. The molecule has 162 valence electrons. The molecule has 1 N–H and O–H groups in total. The van der Waals surface area contributed by atoms with Crippen molar-refractivity contribution in [3.8, 4) is 11.5 Å². The predicted molar refractivity (Wildman–Crippen MR) is 107 cm³/mol. The molecule has 0 unspecified atom stereocenters. The van der Waals surface area contributed by atoms with Crippen LogP contribution in [0.1, 0.15) is 31.2 Å². The maximum Gasteiger partial charge on any atom is 0.317 e. The van der Waals surface area contributed by atoms with Crippen LogP contribution in [-0.2, 0) is 24.5 Å². The van der Waals surface area contributed by atoms with E-state index in [1.807, 2.05) is 0 Å². The van der Waals surface area contributed by atoms with Gasteiger partial charge in [0.1, 0.15) is 12.4 Å². The molecule has 1 aliphatic carbocycles. The van der Waals surface area contributed by atoms with Crippen molar-refractivity contribution in [2.45, 2.75) is 37.2 Å². The van der Waals surface area contributed by atoms with Gasteiger partial charge in [0, 0.05) is 0 Å². The number of rotatable bonds is 5. The van der Waals surface area contributed by atoms with Crippen molar-refractivity contribution in [3.63, 3.8) is 0 Å². The summed E-state index contributed by atoms with van der Waals surface area (Å²) in [4.78, 5) is 37.4. The van der Waals surface area contributed by atoms with Crippen molar-refractivity contribution in [1.82, 2.24) is 5.32 Å². The van der Waals surface area contributed by atoms with E-state index in [1.165, 1.54) is 12.1 Å². The number of nitrogens with one attached hydrogen (secondary N) is 1. The fraction of sp³-hybridized carbons (Fsp3) is 0.348. The van der Waals surface area contributed by atoms with E-state index >= 15 is 0 Å². The number of ether oxygens (including phenoxy) is 3. The van der Waals surface area contributed by atoms with Crippen LogP contribution in [0.4, 0.5) is 4.39 Å². The molecular formula is C23H22FNO6. The zero-order chi connectivity index (χ0) is 21.8. The first-order valence-electron chi connectivity index (χ1n) is 10.1. The molecule has 0 bridgehead atoms. The largest absolute Gasteiger partial charge is 0.485 e. The van der Waals surface area contributed by atoms with Crippen LogP contribution in [0.3, 0.4) is 0 Å². The average molecular weight is 427 g/mol. The van der Waals surface area contributed by atoms with Crippen molar-refractivity contribution in [2.75, 3.05) is 13.2 Å². The van der Waals surface area contributed by atoms with Crippen LogP contribution in [0.15, 0.2) is 48.5 Å². The third-order valence-corrected chi connectivity index (χ3v) is 5.62. The lowest BCUT2D eigenvalue weighted by Gasteiger charge is -2.27. The average Bonchev–Trinajstić information content (AvgIpc) is 3.28. The Kier molecular flexibility index (Phi) is 5.88. The van der Waals surface area contributed by atoms with E-state index in [0.29, 0.717) is 29.9 Å². The summed E-state index contributed by atoms with van der Waals surface area (Å²) in [6.07, 6.45) is 1.64. The molecule has 1 heterocycles. The van der Waals surface area contributed by atoms with Gasteiger partial charge in [-0.25, -0.2) is 4.39 Å². The Morgan fingerprint density at radius 1 is 1.06 bits per heavy atom. The van der Waals surface area contributed by atoms with Crippen molar-refractivity contribution < 1.29 is 33.0 Å². The highest BCUT2D eigenvalue weighted by atomic mass is 19.1. The zero-order valence-corrected chi connectivity index (χ0v) is 16.8. The Morgan fingerprint density at radius 3 is 2.55 bits per heavy atom. The fourth-order valence-corrected chi connectivity index (χ4v) is 4.05. The number of fused-ring (bicyclic) bond motifs is 1. The molecule has 1 fully saturated rings. The van der Waals surface area contributed by atoms with Crippen LogP contribution < -0.4 is 14.8 Å². The lowest BCUT2D eigenvalue weighted by molar-refractivity contribution is -0.155. The van der Waals surface area contributed by atoms with Crippen LogP contribution in [-0.4, -0.2) is 37.1 Å². The summed E-state index contributed by atoms with van der Waals surface area (Å²) in [7, 11) is 0. The number of amides is 2. The second-order valence-electron chi connectivity index (χ2n) is 7.65. The molecule has 1 saturated carbocycles. The standard InChI is InChI=1S/C23H22FNO6/c24-16-7-5-6-15(12-16)23(10-3-4-11-23)22(28)30-14-20(26)25-21(27)19-13-29-17-8-1-2-9-18(17)31-19/h1-2,5-9,12,19H,3-4,10-11,13-14H2,(H,25,26,27)/t19-/m0/s1. The summed E-state index contributed by atoms with van der Waals surface area (Å²) in [5.74, 6) is -1.55. The quantitative estimate of drug-likeness (QED) is 0.738. The number of carbonyl (C=O) groups is 3. The smallest absolute Gasteiger partial charge is 0.317 e. The number of hydrogen-bond donors (Lipinski definition) is 1. The molecule has 4 rings (SSSR count). The lowest BCUT2D eigenvalue weighted by atomic mass is 9.79. The van der Waals surface area contributed by atoms with Gasteiger partial charge >= 0.3 is 5.97 Å². The number of esters is 1. The van der Waals surface area contributed by atoms with E-state index in [0.717, 1.165) is 12.8 Å². The summed E-state index contributed by atoms with van der Waals surface area (Å²) in [5, 5.41) is 2.17. The molecule has 0 saturated heterocycles. The Morgan fingerprint density at radius 2 is 1.81 bits per heavy atom. The van der Waals surface area contributed by atoms with Gasteiger partial charge < -0.3 is 14.2 Å². The fourth-order valence-electron chi connectivity index (χ4n) is 4.05. The Hall–Kier alpha value is -3.42. The van der Waals surface area contributed by atoms with Gasteiger partial charge in [-0.3, -0.25) is 19.7 Å². The first-order chi connectivity index (χ1) is 15.0. The number of imide groups is 1. The van der Waals surface area contributed by atoms with Crippen LogP contribution in [0.2, 0.25) is 0 Å². The first kappa shape index (κ1) is 20.8. The van der Waals surface area contributed by atoms with Crippen LogP contribution in [0, 0.1) is 5.82 Å². The van der Waals surface area contributed by atoms with E-state index in [9.17, 15) is 18.8 Å². The predicted octanol–water partition coefficient (Wildman–Crippen LogP) is 2.66. The minimum atomic E-state index is -0.997. The number of para-hydroxylation sites is 2. The second-order valence-corrected chi connectivity index (χ2v) is 7.65. The van der Waals surface area contributed by atoms with Gasteiger partial charge in [0.2, 0.25) is 6.10 Å². The van der Waals surface area contributed by atoms with Gasteiger partial charge in [0.05, 0.1) is 5.41 Å². The van der Waals surface area contributed by atoms with E-state index in [2.05, 4.69) is 5.32 Å². The number of benzene rings is 2. The van der Waals surface area contributed by atoms with Gasteiger partial charge in [-0.2, -0.15) is 0 Å². The summed E-state index contributed by atoms with van der Waals surface area (Å²) in [6, 6.07) is 12.8. The molecule has 2 aromatic carbocycles. The molecule has 2 amide bonds. The van der Waals surface area contributed by atoms with Gasteiger partial charge in [-0.15, -0.1) is 0 Å². The number of carbonyl (C=O) groups excluding carboxylic acids is 3. The monoisotopic (exact) mass is 427 g/mol. The second kappa shape index (κ2) is 8.75. The summed E-state index contributed by atoms with van der Waals surface area (Å²) in [6.45, 7) is -0.662. The third-order valence-electron chi connectivity index (χ3n) is 5.62. The van der Waals surface area contributed by atoms with Crippen LogP contribution >= 0.6 is 0 Å². The minimum Gasteiger partial charge on any atom is -0.485 e. The third kappa shape index (κ3) is 4.38. The highest BCUT2D eigenvalue weighted by Gasteiger charge is 2.44. The van der Waals surface area contributed by atoms with Crippen LogP contribution in [0.5, 0.6) is 11.5 Å². The zero-order valence-electron chi connectivity index (χ0n) is 16.8. The van der Waals surface area contributed by atoms with Crippen molar-refractivity contribution in [1.29, 1.82) is 0 Å². The molecule has 2 aliphatic rings. The maximum atomic E-state index is 13.7. The van der Waals surface area contributed by atoms with Crippen molar-refractivity contribution >= 4 is 17.8 Å². The molecular weight excluding hydrogens is 405 g/mol. The summed E-state index contributed by atoms with van der Waals surface area (Å²) < 4.78 is 30.0. The molecule has 7 nitrogen and oxygen atoms in total. The highest BCUT2D eigenvalue weighted by Crippen LogP contribution is 2.42. The molecule has 1 aliphatic heterocycles. The van der Waals surface area contributed by atoms with E-state index in [-0.39, 0.29) is 6.61 Å². The van der Waals surface area contributed by atoms with E-state index in [4.69, 9.17) is 14.2 Å². The lowest BCUT2D eigenvalue weighted by Crippen LogP contribution is -2.47. The molecule has 0 aromatic heterocycles. The van der Waals surface area contributed by atoms with Gasteiger partial charge in [-0.1, -0.05) is 37.1 Å². The summed E-state index contributed by atoms with van der Waals surface area (Å²) >= 11 is 0. The maximum absolute atomic E-state index is 13.7. The molecule has 31 heavy (non-hydrogen) atoms. The molecule has 0 spiro atoms. The van der Waals surface area contributed by atoms with E-state index < -0.39 is 41.7 Å². The van der Waals surface area contributed by atoms with Gasteiger partial charge in [0.25, 0.3) is 11.8 Å². The summed E-state index contributed by atoms with van der Waals surface area (Å²) in [5.41, 5.74) is -0.436. The Bertz CT molecular complexity index is 1000. The van der Waals surface area contributed by atoms with Crippen molar-refractivity contribution in [2.24, 2.45) is 0 Å². The number of halogens is 1. The van der Waals surface area contributed by atoms with E-state index in [1.54, 1.807) is 36.4 Å². The Balaban J connectivity index is 1.34. The highest BCUT2D eigenvalue weighted by molar-refractivity contribution is 5.99. The van der Waals surface area contributed by atoms with Gasteiger partial charge in [-0.05, 0) is 42.7 Å². The topological polar surface area (TPSA) is 90.9 Å².